The predicted octanol–water partition coefficient (Wildman–Crippen LogP) is 1.95. The smallest absolute Gasteiger partial charge is 0.418 e. The Kier molecular flexibility index (Phi) is 6.64. The average molecular weight is 417 g/mol. The zero-order valence-corrected chi connectivity index (χ0v) is 15.9. The third kappa shape index (κ3) is 5.94. The van der Waals surface area contributed by atoms with Gasteiger partial charge in [0.1, 0.15) is 5.75 Å². The van der Waals surface area contributed by atoms with Crippen molar-refractivity contribution in [3.8, 4) is 23.2 Å². The number of benzene rings is 2. The first-order valence-electron chi connectivity index (χ1n) is 8.49. The van der Waals surface area contributed by atoms with Crippen molar-refractivity contribution in [2.75, 3.05) is 13.2 Å². The van der Waals surface area contributed by atoms with Crippen LogP contribution in [-0.2, 0) is 16.1 Å². The average Bonchev–Trinajstić information content (AvgIpc) is 3.19. The molecule has 0 atom stereocenters. The van der Waals surface area contributed by atoms with Gasteiger partial charge in [-0.3, -0.25) is 14.1 Å². The van der Waals surface area contributed by atoms with Crippen LogP contribution in [0.25, 0.3) is 11.4 Å². The molecule has 0 bridgehead atoms. The molecule has 0 aliphatic carbocycles. The van der Waals surface area contributed by atoms with Crippen molar-refractivity contribution in [1.82, 2.24) is 15.5 Å². The quantitative estimate of drug-likeness (QED) is 0.545. The Bertz CT molecular complexity index is 990. The summed E-state index contributed by atoms with van der Waals surface area (Å²) in [5.74, 6) is -0.143. The second kappa shape index (κ2) is 9.56. The van der Waals surface area contributed by atoms with Crippen LogP contribution in [0.2, 0.25) is 5.02 Å². The summed E-state index contributed by atoms with van der Waals surface area (Å²) in [4.78, 5) is 26.7. The van der Waals surface area contributed by atoms with Gasteiger partial charge in [0.15, 0.2) is 13.2 Å². The lowest BCUT2D eigenvalue weighted by atomic mass is 10.2. The minimum atomic E-state index is -0.554. The minimum absolute atomic E-state index is 0.133. The molecular weight excluding hydrogens is 400 g/mol. The third-order valence-corrected chi connectivity index (χ3v) is 3.97. The molecule has 0 saturated carbocycles. The molecule has 10 heteroatoms. The van der Waals surface area contributed by atoms with Crippen LogP contribution in [0.5, 0.6) is 11.8 Å². The van der Waals surface area contributed by atoms with Gasteiger partial charge in [-0.1, -0.05) is 41.0 Å². The maximum atomic E-state index is 11.9. The zero-order valence-electron chi connectivity index (χ0n) is 15.1. The molecule has 3 N–H and O–H groups in total. The summed E-state index contributed by atoms with van der Waals surface area (Å²) >= 11 is 6.08. The van der Waals surface area contributed by atoms with E-state index in [4.69, 9.17) is 31.3 Å². The van der Waals surface area contributed by atoms with Crippen LogP contribution in [0.3, 0.4) is 0 Å². The number of primary amides is 1. The van der Waals surface area contributed by atoms with E-state index in [1.165, 1.54) is 0 Å². The first-order valence-corrected chi connectivity index (χ1v) is 8.87. The molecule has 0 aliphatic heterocycles. The van der Waals surface area contributed by atoms with Gasteiger partial charge in [-0.25, -0.2) is 0 Å². The molecular formula is C19H17ClN4O5. The highest BCUT2D eigenvalue weighted by molar-refractivity contribution is 6.33. The number of amides is 2. The molecule has 0 aliphatic rings. The summed E-state index contributed by atoms with van der Waals surface area (Å²) in [6.07, 6.45) is -0.133. The molecule has 2 aromatic carbocycles. The number of nitrogens with zero attached hydrogens (tertiary/aromatic N) is 2. The van der Waals surface area contributed by atoms with Crippen molar-refractivity contribution < 1.29 is 23.6 Å². The van der Waals surface area contributed by atoms with Crippen LogP contribution < -0.4 is 20.5 Å². The highest BCUT2D eigenvalue weighted by Crippen LogP contribution is 2.26. The monoisotopic (exact) mass is 416 g/mol. The molecule has 1 aromatic heterocycles. The molecule has 2 amide bonds. The largest absolute Gasteiger partial charge is 0.484 e. The van der Waals surface area contributed by atoms with Crippen molar-refractivity contribution >= 4 is 23.4 Å². The molecule has 9 nitrogen and oxygen atoms in total. The number of rotatable bonds is 9. The Morgan fingerprint density at radius 2 is 1.83 bits per heavy atom. The van der Waals surface area contributed by atoms with E-state index < -0.39 is 5.91 Å². The number of carbonyl (C=O) groups is 2. The van der Waals surface area contributed by atoms with E-state index in [1.54, 1.807) is 48.5 Å². The zero-order chi connectivity index (χ0) is 20.6. The lowest BCUT2D eigenvalue weighted by Crippen LogP contribution is -2.28. The Hall–Kier alpha value is -3.59. The highest BCUT2D eigenvalue weighted by atomic mass is 35.5. The molecule has 0 spiro atoms. The van der Waals surface area contributed by atoms with E-state index in [0.29, 0.717) is 16.3 Å². The fourth-order valence-electron chi connectivity index (χ4n) is 2.26. The maximum absolute atomic E-state index is 11.9. The molecule has 1 heterocycles. The summed E-state index contributed by atoms with van der Waals surface area (Å²) in [5.41, 5.74) is 6.45. The standard InChI is InChI=1S/C19H17ClN4O5/c20-15-4-2-1-3-14(15)18-23-19(29-24-18)28-11-17(26)22-9-12-5-7-13(8-6-12)27-10-16(21)25/h1-8H,9-11H2,(H2,21,25)(H,22,26). The fraction of sp³-hybridized carbons (Fsp3) is 0.158. The Labute approximate surface area is 170 Å². The molecule has 0 radical (unpaired) electrons. The second-order valence-electron chi connectivity index (χ2n) is 5.83. The van der Waals surface area contributed by atoms with Crippen molar-refractivity contribution in [2.24, 2.45) is 5.73 Å². The number of ether oxygens (including phenoxy) is 2. The predicted molar refractivity (Wildman–Crippen MR) is 103 cm³/mol. The van der Waals surface area contributed by atoms with Crippen LogP contribution in [0.4, 0.5) is 0 Å². The van der Waals surface area contributed by atoms with E-state index in [-0.39, 0.29) is 37.6 Å². The van der Waals surface area contributed by atoms with E-state index in [9.17, 15) is 9.59 Å². The number of aromatic nitrogens is 2. The fourth-order valence-corrected chi connectivity index (χ4v) is 2.48. The number of halogens is 1. The van der Waals surface area contributed by atoms with Crippen molar-refractivity contribution in [3.05, 3.63) is 59.1 Å². The van der Waals surface area contributed by atoms with Crippen LogP contribution in [-0.4, -0.2) is 35.2 Å². The van der Waals surface area contributed by atoms with Gasteiger partial charge in [0, 0.05) is 12.1 Å². The number of nitrogens with two attached hydrogens (primary N) is 1. The van der Waals surface area contributed by atoms with Crippen molar-refractivity contribution in [2.45, 2.75) is 6.54 Å². The van der Waals surface area contributed by atoms with Crippen molar-refractivity contribution in [3.63, 3.8) is 0 Å². The summed E-state index contributed by atoms with van der Waals surface area (Å²) in [6.45, 7) is -0.196. The number of nitrogens with one attached hydrogen (secondary N) is 1. The molecule has 3 rings (SSSR count). The number of hydrogen-bond donors (Lipinski definition) is 2. The molecule has 0 fully saturated rings. The van der Waals surface area contributed by atoms with Gasteiger partial charge in [0.2, 0.25) is 5.82 Å². The van der Waals surface area contributed by atoms with Gasteiger partial charge in [0.05, 0.1) is 5.02 Å². The SMILES string of the molecule is NC(=O)COc1ccc(CNC(=O)COc2nc(-c3ccccc3Cl)no2)cc1. The molecule has 150 valence electrons. The van der Waals surface area contributed by atoms with Gasteiger partial charge < -0.3 is 20.5 Å². The van der Waals surface area contributed by atoms with Crippen LogP contribution in [0.1, 0.15) is 5.56 Å². The summed E-state index contributed by atoms with van der Waals surface area (Å²) < 4.78 is 15.3. The lowest BCUT2D eigenvalue weighted by Gasteiger charge is -2.07. The van der Waals surface area contributed by atoms with Gasteiger partial charge in [-0.2, -0.15) is 4.98 Å². The Balaban J connectivity index is 1.45. The van der Waals surface area contributed by atoms with E-state index in [2.05, 4.69) is 15.5 Å². The van der Waals surface area contributed by atoms with Crippen LogP contribution in [0, 0.1) is 0 Å². The van der Waals surface area contributed by atoms with Crippen molar-refractivity contribution in [1.29, 1.82) is 0 Å². The first kappa shape index (κ1) is 20.2. The summed E-state index contributed by atoms with van der Waals surface area (Å²) in [5, 5.41) is 6.96. The molecule has 29 heavy (non-hydrogen) atoms. The Morgan fingerprint density at radius 1 is 1.07 bits per heavy atom. The minimum Gasteiger partial charge on any atom is -0.484 e. The van der Waals surface area contributed by atoms with E-state index in [1.807, 2.05) is 0 Å². The normalized spacial score (nSPS) is 10.4. The first-order chi connectivity index (χ1) is 14.0. The van der Waals surface area contributed by atoms with Gasteiger partial charge in [-0.05, 0) is 29.8 Å². The van der Waals surface area contributed by atoms with E-state index in [0.717, 1.165) is 5.56 Å². The molecule has 0 saturated heterocycles. The Morgan fingerprint density at radius 3 is 2.55 bits per heavy atom. The summed E-state index contributed by atoms with van der Waals surface area (Å²) in [6, 6.07) is 13.9. The van der Waals surface area contributed by atoms with E-state index >= 15 is 0 Å². The number of carbonyl (C=O) groups excluding carboxylic acids is 2. The molecule has 3 aromatic rings. The van der Waals surface area contributed by atoms with Gasteiger partial charge in [-0.15, -0.1) is 0 Å². The second-order valence-corrected chi connectivity index (χ2v) is 6.24. The van der Waals surface area contributed by atoms with Gasteiger partial charge in [0.25, 0.3) is 11.8 Å². The van der Waals surface area contributed by atoms with Gasteiger partial charge >= 0.3 is 6.08 Å². The maximum Gasteiger partial charge on any atom is 0.418 e. The summed E-state index contributed by atoms with van der Waals surface area (Å²) in [7, 11) is 0. The molecule has 0 unspecified atom stereocenters. The van der Waals surface area contributed by atoms with Crippen LogP contribution >= 0.6 is 11.6 Å². The number of hydrogen-bond acceptors (Lipinski definition) is 7. The topological polar surface area (TPSA) is 130 Å². The third-order valence-electron chi connectivity index (χ3n) is 3.64. The highest BCUT2D eigenvalue weighted by Gasteiger charge is 2.13. The van der Waals surface area contributed by atoms with Crippen LogP contribution in [0.15, 0.2) is 53.1 Å². The lowest BCUT2D eigenvalue weighted by molar-refractivity contribution is -0.123.